The number of dihydropyridines is 1. The van der Waals surface area contributed by atoms with Crippen molar-refractivity contribution in [1.82, 2.24) is 0 Å². The Morgan fingerprint density at radius 1 is 1.58 bits per heavy atom. The summed E-state index contributed by atoms with van der Waals surface area (Å²) < 4.78 is 0. The molecule has 0 atom stereocenters. The number of nitrogens with zero attached hydrogens (tertiary/aromatic N) is 2. The maximum absolute atomic E-state index is 4.40. The Morgan fingerprint density at radius 2 is 2.42 bits per heavy atom. The fraction of sp³-hybridized carbons (Fsp3) is 0.400. The van der Waals surface area contributed by atoms with Gasteiger partial charge in [0.25, 0.3) is 0 Å². The largest absolute Gasteiger partial charge is 0.283 e. The minimum absolute atomic E-state index is 0.881. The molecule has 64 valence electrons. The van der Waals surface area contributed by atoms with Crippen molar-refractivity contribution in [1.29, 1.82) is 0 Å². The van der Waals surface area contributed by atoms with Crippen molar-refractivity contribution in [3.8, 4) is 0 Å². The van der Waals surface area contributed by atoms with Crippen LogP contribution in [0.3, 0.4) is 0 Å². The SMILES string of the molecule is C/C=C1/N=CC=CC1=NCCC. The highest BCUT2D eigenvalue weighted by Crippen LogP contribution is 2.05. The minimum Gasteiger partial charge on any atom is -0.283 e. The van der Waals surface area contributed by atoms with Crippen molar-refractivity contribution in [2.24, 2.45) is 9.98 Å². The highest BCUT2D eigenvalue weighted by Gasteiger charge is 2.01. The van der Waals surface area contributed by atoms with Crippen molar-refractivity contribution in [2.45, 2.75) is 20.3 Å². The van der Waals surface area contributed by atoms with Gasteiger partial charge in [-0.05, 0) is 25.5 Å². The van der Waals surface area contributed by atoms with Crippen LogP contribution in [0.5, 0.6) is 0 Å². The van der Waals surface area contributed by atoms with Crippen molar-refractivity contribution in [3.63, 3.8) is 0 Å². The fourth-order valence-corrected chi connectivity index (χ4v) is 0.997. The van der Waals surface area contributed by atoms with E-state index in [1.807, 2.05) is 25.2 Å². The lowest BCUT2D eigenvalue weighted by molar-refractivity contribution is 0.932. The molecule has 1 aliphatic rings. The molecule has 0 saturated carbocycles. The average Bonchev–Trinajstić information content (AvgIpc) is 2.15. The smallest absolute Gasteiger partial charge is 0.0839 e. The molecule has 0 spiro atoms. The van der Waals surface area contributed by atoms with Gasteiger partial charge in [0, 0.05) is 12.8 Å². The second kappa shape index (κ2) is 4.65. The van der Waals surface area contributed by atoms with Gasteiger partial charge in [-0.25, -0.2) is 0 Å². The molecule has 0 aliphatic carbocycles. The van der Waals surface area contributed by atoms with Crippen LogP contribution in [0.25, 0.3) is 0 Å². The number of aliphatic imine (C=N–C) groups is 2. The minimum atomic E-state index is 0.881. The topological polar surface area (TPSA) is 24.7 Å². The van der Waals surface area contributed by atoms with E-state index in [1.54, 1.807) is 6.21 Å². The number of allylic oxidation sites excluding steroid dienone is 3. The highest BCUT2D eigenvalue weighted by molar-refractivity contribution is 6.12. The first-order valence-corrected chi connectivity index (χ1v) is 4.30. The second-order valence-corrected chi connectivity index (χ2v) is 2.58. The highest BCUT2D eigenvalue weighted by atomic mass is 14.8. The molecule has 1 aliphatic heterocycles. The Balaban J connectivity index is 2.76. The lowest BCUT2D eigenvalue weighted by Crippen LogP contribution is -2.02. The van der Waals surface area contributed by atoms with Gasteiger partial charge in [-0.2, -0.15) is 0 Å². The Hall–Kier alpha value is -1.18. The predicted octanol–water partition coefficient (Wildman–Crippen LogP) is 2.38. The molecule has 0 amide bonds. The summed E-state index contributed by atoms with van der Waals surface area (Å²) in [5, 5.41) is 0. The summed E-state index contributed by atoms with van der Waals surface area (Å²) in [5.74, 6) is 0. The Kier molecular flexibility index (Phi) is 3.45. The van der Waals surface area contributed by atoms with Crippen LogP contribution < -0.4 is 0 Å². The van der Waals surface area contributed by atoms with E-state index in [0.717, 1.165) is 24.4 Å². The predicted molar refractivity (Wildman–Crippen MR) is 54.0 cm³/mol. The van der Waals surface area contributed by atoms with Crippen LogP contribution in [0.1, 0.15) is 20.3 Å². The molecule has 2 nitrogen and oxygen atoms in total. The second-order valence-electron chi connectivity index (χ2n) is 2.58. The first-order valence-electron chi connectivity index (χ1n) is 4.30. The molecular weight excluding hydrogens is 148 g/mol. The van der Waals surface area contributed by atoms with E-state index >= 15 is 0 Å². The Labute approximate surface area is 73.4 Å². The summed E-state index contributed by atoms with van der Waals surface area (Å²) in [6.07, 6.45) is 8.77. The fourth-order valence-electron chi connectivity index (χ4n) is 0.997. The first-order chi connectivity index (χ1) is 5.88. The van der Waals surface area contributed by atoms with Crippen LogP contribution in [0, 0.1) is 0 Å². The third-order valence-electron chi connectivity index (χ3n) is 1.60. The molecule has 1 rings (SSSR count). The van der Waals surface area contributed by atoms with Gasteiger partial charge in [-0.3, -0.25) is 9.98 Å². The number of hydrogen-bond acceptors (Lipinski definition) is 2. The molecule has 1 heterocycles. The van der Waals surface area contributed by atoms with Gasteiger partial charge in [-0.1, -0.05) is 13.0 Å². The van der Waals surface area contributed by atoms with Crippen LogP contribution >= 0.6 is 0 Å². The number of rotatable bonds is 2. The third kappa shape index (κ3) is 2.16. The normalized spacial score (nSPS) is 22.5. The summed E-state index contributed by atoms with van der Waals surface area (Å²) in [5.41, 5.74) is 1.98. The summed E-state index contributed by atoms with van der Waals surface area (Å²) in [4.78, 5) is 8.60. The van der Waals surface area contributed by atoms with Gasteiger partial charge in [0.15, 0.2) is 0 Å². The van der Waals surface area contributed by atoms with Crippen molar-refractivity contribution >= 4 is 11.9 Å². The Morgan fingerprint density at radius 3 is 3.08 bits per heavy atom. The molecule has 0 radical (unpaired) electrons. The maximum atomic E-state index is 4.40. The van der Waals surface area contributed by atoms with Gasteiger partial charge in [0.2, 0.25) is 0 Å². The van der Waals surface area contributed by atoms with E-state index in [1.165, 1.54) is 0 Å². The molecule has 0 fully saturated rings. The molecule has 12 heavy (non-hydrogen) atoms. The summed E-state index contributed by atoms with van der Waals surface area (Å²) in [6, 6.07) is 0. The zero-order valence-corrected chi connectivity index (χ0v) is 7.62. The first kappa shape index (κ1) is 8.91. The van der Waals surface area contributed by atoms with Crippen LogP contribution in [0.15, 0.2) is 33.9 Å². The zero-order valence-electron chi connectivity index (χ0n) is 7.62. The van der Waals surface area contributed by atoms with Crippen molar-refractivity contribution < 1.29 is 0 Å². The van der Waals surface area contributed by atoms with E-state index in [0.29, 0.717) is 0 Å². The molecule has 0 bridgehead atoms. The Bertz CT molecular complexity index is 257. The van der Waals surface area contributed by atoms with Gasteiger partial charge >= 0.3 is 0 Å². The van der Waals surface area contributed by atoms with E-state index < -0.39 is 0 Å². The molecule has 0 saturated heterocycles. The lowest BCUT2D eigenvalue weighted by Gasteiger charge is -2.04. The molecule has 0 unspecified atom stereocenters. The van der Waals surface area contributed by atoms with E-state index in [9.17, 15) is 0 Å². The molecule has 0 aromatic carbocycles. The summed E-state index contributed by atoms with van der Waals surface area (Å²) >= 11 is 0. The monoisotopic (exact) mass is 162 g/mol. The molecule has 0 aromatic rings. The molecule has 0 N–H and O–H groups in total. The standard InChI is InChI=1S/C10H14N2/c1-3-7-11-10-6-5-8-12-9(10)4-2/h4-6,8H,3,7H2,1-2H3/b9-4+,11-10?. The molecular formula is C10H14N2. The van der Waals surface area contributed by atoms with Crippen LogP contribution in [-0.2, 0) is 0 Å². The molecule has 0 aromatic heterocycles. The van der Waals surface area contributed by atoms with Crippen molar-refractivity contribution in [3.05, 3.63) is 23.9 Å². The van der Waals surface area contributed by atoms with Gasteiger partial charge in [0.1, 0.15) is 0 Å². The van der Waals surface area contributed by atoms with Gasteiger partial charge in [-0.15, -0.1) is 0 Å². The van der Waals surface area contributed by atoms with Crippen LogP contribution in [-0.4, -0.2) is 18.5 Å². The number of hydrogen-bond donors (Lipinski definition) is 0. The van der Waals surface area contributed by atoms with Gasteiger partial charge < -0.3 is 0 Å². The van der Waals surface area contributed by atoms with Gasteiger partial charge in [0.05, 0.1) is 11.4 Å². The maximum Gasteiger partial charge on any atom is 0.0839 e. The zero-order chi connectivity index (χ0) is 8.81. The van der Waals surface area contributed by atoms with E-state index in [2.05, 4.69) is 16.9 Å². The van der Waals surface area contributed by atoms with Crippen LogP contribution in [0.4, 0.5) is 0 Å². The van der Waals surface area contributed by atoms with Crippen LogP contribution in [0.2, 0.25) is 0 Å². The summed E-state index contributed by atoms with van der Waals surface area (Å²) in [7, 11) is 0. The quantitative estimate of drug-likeness (QED) is 0.595. The third-order valence-corrected chi connectivity index (χ3v) is 1.60. The average molecular weight is 162 g/mol. The van der Waals surface area contributed by atoms with E-state index in [-0.39, 0.29) is 0 Å². The van der Waals surface area contributed by atoms with E-state index in [4.69, 9.17) is 0 Å². The summed E-state index contributed by atoms with van der Waals surface area (Å²) in [6.45, 7) is 4.98. The molecule has 2 heteroatoms. The van der Waals surface area contributed by atoms with Crippen molar-refractivity contribution in [2.75, 3.05) is 6.54 Å². The lowest BCUT2D eigenvalue weighted by atomic mass is 10.2.